The Morgan fingerprint density at radius 1 is 0.618 bits per heavy atom. The summed E-state index contributed by atoms with van der Waals surface area (Å²) in [7, 11) is 0. The minimum Gasteiger partial charge on any atom is -0.508 e. The summed E-state index contributed by atoms with van der Waals surface area (Å²) in [4.78, 5) is 1.98. The van der Waals surface area contributed by atoms with Gasteiger partial charge in [0, 0.05) is 17.2 Å². The molecule has 0 atom stereocenters. The fourth-order valence-corrected chi connectivity index (χ4v) is 4.17. The number of benzene rings is 4. The predicted molar refractivity (Wildman–Crippen MR) is 136 cm³/mol. The predicted octanol–water partition coefficient (Wildman–Crippen LogP) is 7.61. The van der Waals surface area contributed by atoms with Crippen molar-refractivity contribution in [3.05, 3.63) is 94.5 Å². The molecule has 4 aromatic rings. The van der Waals surface area contributed by atoms with Crippen LogP contribution in [-0.2, 0) is 0 Å². The van der Waals surface area contributed by atoms with Gasteiger partial charge in [-0.25, -0.2) is 0 Å². The zero-order valence-corrected chi connectivity index (χ0v) is 20.0. The molecule has 3 N–H and O–H groups in total. The van der Waals surface area contributed by atoms with Crippen LogP contribution in [0.25, 0.3) is 0 Å². The highest BCUT2D eigenvalue weighted by Crippen LogP contribution is 2.47. The molecule has 0 fully saturated rings. The van der Waals surface area contributed by atoms with Crippen LogP contribution in [0.15, 0.2) is 66.7 Å². The van der Waals surface area contributed by atoms with Crippen LogP contribution in [0.1, 0.15) is 27.8 Å². The molecule has 0 aliphatic heterocycles. The van der Waals surface area contributed by atoms with Gasteiger partial charge < -0.3 is 25.0 Å². The zero-order valence-electron chi connectivity index (χ0n) is 20.0. The Bertz CT molecular complexity index is 1300. The number of nitrogens with zero attached hydrogens (tertiary/aromatic N) is 1. The van der Waals surface area contributed by atoms with Gasteiger partial charge in [-0.05, 0) is 87.7 Å². The average Bonchev–Trinajstić information content (AvgIpc) is 2.79. The summed E-state index contributed by atoms with van der Waals surface area (Å²) in [5.74, 6) is 1.64. The Balaban J connectivity index is 1.96. The van der Waals surface area contributed by atoms with Crippen LogP contribution in [0.4, 0.5) is 17.1 Å². The maximum absolute atomic E-state index is 10.7. The summed E-state index contributed by atoms with van der Waals surface area (Å²) in [5, 5.41) is 31.5. The molecule has 0 aromatic heterocycles. The van der Waals surface area contributed by atoms with E-state index in [9.17, 15) is 15.3 Å². The van der Waals surface area contributed by atoms with Gasteiger partial charge in [-0.3, -0.25) is 0 Å². The van der Waals surface area contributed by atoms with Gasteiger partial charge in [-0.1, -0.05) is 24.3 Å². The molecule has 0 unspecified atom stereocenters. The highest BCUT2D eigenvalue weighted by molar-refractivity contribution is 5.85. The topological polar surface area (TPSA) is 73.2 Å². The largest absolute Gasteiger partial charge is 0.508 e. The second-order valence-corrected chi connectivity index (χ2v) is 8.66. The van der Waals surface area contributed by atoms with E-state index >= 15 is 0 Å². The van der Waals surface area contributed by atoms with Crippen molar-refractivity contribution in [2.75, 3.05) is 4.90 Å². The maximum Gasteiger partial charge on any atom is 0.151 e. The van der Waals surface area contributed by atoms with Gasteiger partial charge in [0.1, 0.15) is 23.0 Å². The third-order valence-electron chi connectivity index (χ3n) is 6.06. The van der Waals surface area contributed by atoms with Crippen molar-refractivity contribution in [3.8, 4) is 28.7 Å². The molecule has 0 spiro atoms. The molecule has 0 aliphatic carbocycles. The molecule has 0 bridgehead atoms. The fraction of sp³-hybridized carbons (Fsp3) is 0.172. The summed E-state index contributed by atoms with van der Waals surface area (Å²) in [6.45, 7) is 9.36. The third-order valence-corrected chi connectivity index (χ3v) is 6.06. The van der Waals surface area contributed by atoms with E-state index in [0.29, 0.717) is 22.6 Å². The standard InChI is InChI=1S/C29H29NO4/c1-17-14-22(31)16-23(15-17)34-27-9-7-6-8-26(27)30(24-12-10-18(2)28(32)20(24)4)25-13-11-19(3)29(33)21(25)5/h6-16,31-33H,1-5H3. The Morgan fingerprint density at radius 3 is 1.74 bits per heavy atom. The van der Waals surface area contributed by atoms with Crippen molar-refractivity contribution < 1.29 is 20.1 Å². The van der Waals surface area contributed by atoms with Crippen LogP contribution in [0.3, 0.4) is 0 Å². The number of rotatable bonds is 5. The van der Waals surface area contributed by atoms with Crippen molar-refractivity contribution >= 4 is 17.1 Å². The smallest absolute Gasteiger partial charge is 0.151 e. The number of aromatic hydroxyl groups is 3. The van der Waals surface area contributed by atoms with Crippen molar-refractivity contribution in [3.63, 3.8) is 0 Å². The quantitative estimate of drug-likeness (QED) is 0.289. The number of anilines is 3. The number of hydrogen-bond donors (Lipinski definition) is 3. The second kappa shape index (κ2) is 9.02. The lowest BCUT2D eigenvalue weighted by Crippen LogP contribution is -2.14. The molecule has 0 heterocycles. The molecule has 4 aromatic carbocycles. The number of phenols is 3. The van der Waals surface area contributed by atoms with Crippen molar-refractivity contribution in [1.82, 2.24) is 0 Å². The van der Waals surface area contributed by atoms with Gasteiger partial charge in [0.2, 0.25) is 0 Å². The molecule has 0 amide bonds. The zero-order chi connectivity index (χ0) is 24.6. The number of phenolic OH excluding ortho intramolecular Hbond substituents is 3. The monoisotopic (exact) mass is 455 g/mol. The summed E-state index contributed by atoms with van der Waals surface area (Å²) < 4.78 is 6.26. The second-order valence-electron chi connectivity index (χ2n) is 8.66. The number of para-hydroxylation sites is 2. The first-order chi connectivity index (χ1) is 16.2. The molecule has 5 nitrogen and oxygen atoms in total. The molecular formula is C29H29NO4. The van der Waals surface area contributed by atoms with E-state index in [1.54, 1.807) is 12.1 Å². The lowest BCUT2D eigenvalue weighted by molar-refractivity contribution is 0.454. The van der Waals surface area contributed by atoms with E-state index in [0.717, 1.165) is 33.8 Å². The molecule has 0 saturated carbocycles. The first-order valence-corrected chi connectivity index (χ1v) is 11.1. The van der Waals surface area contributed by atoms with Gasteiger partial charge >= 0.3 is 0 Å². The Hall–Kier alpha value is -4.12. The summed E-state index contributed by atoms with van der Waals surface area (Å²) in [5.41, 5.74) is 6.11. The van der Waals surface area contributed by atoms with E-state index < -0.39 is 0 Å². The maximum atomic E-state index is 10.7. The fourth-order valence-electron chi connectivity index (χ4n) is 4.17. The summed E-state index contributed by atoms with van der Waals surface area (Å²) in [6, 6.07) is 20.3. The third kappa shape index (κ3) is 4.25. The van der Waals surface area contributed by atoms with E-state index in [1.807, 2.05) is 94.1 Å². The Labute approximate surface area is 200 Å². The highest BCUT2D eigenvalue weighted by Gasteiger charge is 2.23. The first-order valence-electron chi connectivity index (χ1n) is 11.1. The van der Waals surface area contributed by atoms with Crippen molar-refractivity contribution in [2.24, 2.45) is 0 Å². The molecule has 4 rings (SSSR count). The SMILES string of the molecule is Cc1cc(O)cc(Oc2ccccc2N(c2ccc(C)c(O)c2C)c2ccc(C)c(O)c2C)c1. The number of hydrogen-bond acceptors (Lipinski definition) is 5. The number of aryl methyl sites for hydroxylation is 3. The Kier molecular flexibility index (Phi) is 6.12. The summed E-state index contributed by atoms with van der Waals surface area (Å²) >= 11 is 0. The minimum atomic E-state index is 0.128. The number of ether oxygens (including phenoxy) is 1. The van der Waals surface area contributed by atoms with E-state index in [-0.39, 0.29) is 17.2 Å². The average molecular weight is 456 g/mol. The lowest BCUT2D eigenvalue weighted by atomic mass is 10.0. The molecule has 5 heteroatoms. The van der Waals surface area contributed by atoms with Crippen LogP contribution >= 0.6 is 0 Å². The highest BCUT2D eigenvalue weighted by atomic mass is 16.5. The van der Waals surface area contributed by atoms with Crippen LogP contribution in [0, 0.1) is 34.6 Å². The van der Waals surface area contributed by atoms with Gasteiger partial charge in [0.05, 0.1) is 17.1 Å². The minimum absolute atomic E-state index is 0.128. The van der Waals surface area contributed by atoms with Crippen LogP contribution < -0.4 is 9.64 Å². The molecule has 0 aliphatic rings. The molecular weight excluding hydrogens is 426 g/mol. The molecule has 0 saturated heterocycles. The summed E-state index contributed by atoms with van der Waals surface area (Å²) in [6.07, 6.45) is 0. The molecule has 0 radical (unpaired) electrons. The van der Waals surface area contributed by atoms with Gasteiger partial charge in [0.15, 0.2) is 5.75 Å². The Morgan fingerprint density at radius 2 is 1.18 bits per heavy atom. The van der Waals surface area contributed by atoms with Gasteiger partial charge in [-0.2, -0.15) is 0 Å². The van der Waals surface area contributed by atoms with E-state index in [2.05, 4.69) is 0 Å². The molecule has 174 valence electrons. The first kappa shape index (κ1) is 23.1. The normalized spacial score (nSPS) is 10.9. The van der Waals surface area contributed by atoms with E-state index in [4.69, 9.17) is 4.74 Å². The van der Waals surface area contributed by atoms with Gasteiger partial charge in [-0.15, -0.1) is 0 Å². The van der Waals surface area contributed by atoms with Crippen molar-refractivity contribution in [2.45, 2.75) is 34.6 Å². The van der Waals surface area contributed by atoms with E-state index in [1.165, 1.54) is 0 Å². The van der Waals surface area contributed by atoms with Crippen LogP contribution in [0.5, 0.6) is 28.7 Å². The van der Waals surface area contributed by atoms with Gasteiger partial charge in [0.25, 0.3) is 0 Å². The lowest BCUT2D eigenvalue weighted by Gasteiger charge is -2.30. The van der Waals surface area contributed by atoms with Crippen LogP contribution in [-0.4, -0.2) is 15.3 Å². The molecule has 34 heavy (non-hydrogen) atoms. The van der Waals surface area contributed by atoms with Crippen LogP contribution in [0.2, 0.25) is 0 Å². The van der Waals surface area contributed by atoms with Crippen molar-refractivity contribution in [1.29, 1.82) is 0 Å².